The van der Waals surface area contributed by atoms with E-state index >= 15 is 0 Å². The minimum atomic E-state index is 0.264. The first kappa shape index (κ1) is 44.7. The second-order valence-electron chi connectivity index (χ2n) is 18.8. The maximum absolute atomic E-state index is 6.03. The number of para-hydroxylation sites is 5. The van der Waals surface area contributed by atoms with Gasteiger partial charge in [0.15, 0.2) is 0 Å². The number of aromatic nitrogens is 7. The molecule has 5 aromatic heterocycles. The van der Waals surface area contributed by atoms with Crippen molar-refractivity contribution in [1.29, 1.82) is 0 Å². The molecular weight excluding hydrogens is 950 g/mol. The Labute approximate surface area is 442 Å². The third-order valence-electron chi connectivity index (χ3n) is 14.3. The summed E-state index contributed by atoms with van der Waals surface area (Å²) in [6, 6.07) is 93.2. The maximum Gasteiger partial charge on any atom is 0.235 e. The van der Waals surface area contributed by atoms with Crippen molar-refractivity contribution in [2.45, 2.75) is 0 Å². The molecule has 15 rings (SSSR count). The molecule has 10 aromatic carbocycles. The molecule has 0 N–H and O–H groups in total. The van der Waals surface area contributed by atoms with Crippen molar-refractivity contribution in [3.63, 3.8) is 0 Å². The van der Waals surface area contributed by atoms with Crippen LogP contribution in [0.25, 0.3) is 128 Å². The summed E-state index contributed by atoms with van der Waals surface area (Å²) in [4.78, 5) is 19.3. The normalized spacial score (nSPS) is 11.5. The van der Waals surface area contributed by atoms with Crippen molar-refractivity contribution in [2.75, 3.05) is 0 Å². The van der Waals surface area contributed by atoms with Gasteiger partial charge in [0, 0.05) is 54.6 Å². The van der Waals surface area contributed by atoms with Gasteiger partial charge in [0.05, 0.1) is 67.3 Å². The lowest BCUT2D eigenvalue weighted by Gasteiger charge is -2.18. The van der Waals surface area contributed by atoms with Crippen molar-refractivity contribution in [3.8, 4) is 62.4 Å². The molecule has 76 heavy (non-hydrogen) atoms. The van der Waals surface area contributed by atoms with Crippen LogP contribution in [0, 0.1) is 0 Å². The smallest absolute Gasteiger partial charge is 0.235 e. The van der Waals surface area contributed by atoms with Gasteiger partial charge < -0.3 is 9.13 Å². The zero-order valence-electron chi connectivity index (χ0n) is 40.9. The Hall–Kier alpha value is -9.95. The van der Waals surface area contributed by atoms with E-state index in [4.69, 9.17) is 21.6 Å². The van der Waals surface area contributed by atoms with Crippen LogP contribution >= 0.6 is 11.6 Å². The highest BCUT2D eigenvalue weighted by Gasteiger charge is 2.24. The summed E-state index contributed by atoms with van der Waals surface area (Å²) in [5.74, 6) is 0.624. The molecular formula is C68H44ClN7. The van der Waals surface area contributed by atoms with Crippen LogP contribution in [0.4, 0.5) is 0 Å². The van der Waals surface area contributed by atoms with Crippen molar-refractivity contribution in [1.82, 2.24) is 33.6 Å². The van der Waals surface area contributed by atoms with Gasteiger partial charge in [-0.2, -0.15) is 0 Å². The van der Waals surface area contributed by atoms with Crippen LogP contribution in [0.5, 0.6) is 0 Å². The molecule has 8 heteroatoms. The van der Waals surface area contributed by atoms with Crippen molar-refractivity contribution in [2.24, 2.45) is 0 Å². The molecule has 0 unspecified atom stereocenters. The Morgan fingerprint density at radius 2 is 0.513 bits per heavy atom. The van der Waals surface area contributed by atoms with Gasteiger partial charge in [0.2, 0.25) is 11.2 Å². The van der Waals surface area contributed by atoms with E-state index in [1.165, 1.54) is 21.5 Å². The number of nitrogens with zero attached hydrogens (tertiary/aromatic N) is 7. The molecule has 0 bridgehead atoms. The van der Waals surface area contributed by atoms with Gasteiger partial charge in [0.1, 0.15) is 0 Å². The Balaban J connectivity index is 0.000000234. The number of hydrogen-bond acceptors (Lipinski definition) is 4. The van der Waals surface area contributed by atoms with Crippen LogP contribution in [0.1, 0.15) is 0 Å². The van der Waals surface area contributed by atoms with Crippen LogP contribution in [0.2, 0.25) is 5.28 Å². The van der Waals surface area contributed by atoms with Gasteiger partial charge in [0.25, 0.3) is 0 Å². The molecule has 0 aliphatic heterocycles. The fourth-order valence-corrected chi connectivity index (χ4v) is 11.1. The summed E-state index contributed by atoms with van der Waals surface area (Å²) in [5, 5.41) is 7.41. The van der Waals surface area contributed by atoms with E-state index in [2.05, 4.69) is 212 Å². The Bertz CT molecular complexity index is 4420. The van der Waals surface area contributed by atoms with Crippen LogP contribution in [0.15, 0.2) is 267 Å². The molecule has 0 fully saturated rings. The Kier molecular flexibility index (Phi) is 11.1. The second-order valence-corrected chi connectivity index (χ2v) is 19.1. The minimum absolute atomic E-state index is 0.264. The van der Waals surface area contributed by atoms with Gasteiger partial charge in [-0.1, -0.05) is 212 Å². The van der Waals surface area contributed by atoms with Gasteiger partial charge in [-0.25, -0.2) is 19.9 Å². The number of hydrogen-bond donors (Lipinski definition) is 0. The fraction of sp³-hybridized carbons (Fsp3) is 0. The molecule has 7 nitrogen and oxygen atoms in total. The minimum Gasteiger partial charge on any atom is -0.307 e. The summed E-state index contributed by atoms with van der Waals surface area (Å²) in [6.07, 6.45) is 0. The molecule has 0 saturated heterocycles. The highest BCUT2D eigenvalue weighted by molar-refractivity contribution is 6.28. The highest BCUT2D eigenvalue weighted by Crippen LogP contribution is 2.43. The Morgan fingerprint density at radius 1 is 0.237 bits per heavy atom. The van der Waals surface area contributed by atoms with Crippen molar-refractivity contribution in [3.05, 3.63) is 272 Å². The number of rotatable bonds is 7. The number of halogens is 1. The number of benzene rings is 10. The highest BCUT2D eigenvalue weighted by atomic mass is 35.5. The van der Waals surface area contributed by atoms with Crippen LogP contribution in [-0.4, -0.2) is 33.6 Å². The average molecular weight is 995 g/mol. The van der Waals surface area contributed by atoms with E-state index in [1.54, 1.807) is 0 Å². The topological polar surface area (TPSA) is 66.3 Å². The zero-order valence-corrected chi connectivity index (χ0v) is 41.7. The van der Waals surface area contributed by atoms with Crippen LogP contribution in [-0.2, 0) is 0 Å². The molecule has 0 aliphatic rings. The van der Waals surface area contributed by atoms with E-state index in [0.717, 1.165) is 100 Å². The van der Waals surface area contributed by atoms with E-state index in [-0.39, 0.29) is 5.28 Å². The van der Waals surface area contributed by atoms with Gasteiger partial charge in [-0.05, 0) is 66.2 Å². The first-order chi connectivity index (χ1) is 37.6. The SMILES string of the molecule is Clc1nc(-c2ccccc2)cc(-c2ccccc2)n1.c1ccc(-c2cc(-c3ccccc3)nc(-n3c4ccccc4c4cc(-n5c6ccccc6c6ccccc65)c(-n5c6ccccc6c6ccccc65)cc43)n2)cc1. The summed E-state index contributed by atoms with van der Waals surface area (Å²) < 4.78 is 7.16. The van der Waals surface area contributed by atoms with Gasteiger partial charge in [-0.3, -0.25) is 4.57 Å². The lowest BCUT2D eigenvalue weighted by atomic mass is 10.1. The molecule has 0 spiro atoms. The van der Waals surface area contributed by atoms with E-state index in [9.17, 15) is 0 Å². The standard InChI is InChI=1S/C52H33N5.C16H11ClN2/c1-3-17-34(18-4-1)42-32-43(35-19-5-2-6-20-35)54-52(53-42)57-48-30-16-11-25-40(48)41-31-50(55-44-26-12-7-21-36(44)37-22-8-13-27-45(37)55)51(33-49(41)57)56-46-28-14-9-23-38(46)39-24-10-15-29-47(39)56;17-16-18-14(12-7-3-1-4-8-12)11-15(19-16)13-9-5-2-6-10-13/h1-33H;1-11H. The third kappa shape index (κ3) is 7.77. The Morgan fingerprint density at radius 3 is 0.868 bits per heavy atom. The molecule has 5 heterocycles. The van der Waals surface area contributed by atoms with E-state index in [1.807, 2.05) is 78.9 Å². The first-order valence-electron chi connectivity index (χ1n) is 25.3. The summed E-state index contributed by atoms with van der Waals surface area (Å²) >= 11 is 6.03. The quantitative estimate of drug-likeness (QED) is 0.149. The van der Waals surface area contributed by atoms with E-state index < -0.39 is 0 Å². The monoisotopic (exact) mass is 993 g/mol. The zero-order chi connectivity index (χ0) is 50.5. The summed E-state index contributed by atoms with van der Waals surface area (Å²) in [6.45, 7) is 0. The molecule has 0 amide bonds. The lowest BCUT2D eigenvalue weighted by Crippen LogP contribution is -2.06. The molecule has 0 aliphatic carbocycles. The first-order valence-corrected chi connectivity index (χ1v) is 25.7. The van der Waals surface area contributed by atoms with Gasteiger partial charge >= 0.3 is 0 Å². The average Bonchev–Trinajstić information content (AvgIpc) is 4.28. The third-order valence-corrected chi connectivity index (χ3v) is 14.5. The molecule has 0 atom stereocenters. The number of fused-ring (bicyclic) bond motifs is 9. The molecule has 358 valence electrons. The van der Waals surface area contributed by atoms with Crippen molar-refractivity contribution < 1.29 is 0 Å². The molecule has 0 saturated carbocycles. The summed E-state index contributed by atoms with van der Waals surface area (Å²) in [7, 11) is 0. The predicted molar refractivity (Wildman–Crippen MR) is 314 cm³/mol. The van der Waals surface area contributed by atoms with Crippen LogP contribution < -0.4 is 0 Å². The summed E-state index contributed by atoms with van der Waals surface area (Å²) in [5.41, 5.74) is 16.4. The molecule has 0 radical (unpaired) electrons. The predicted octanol–water partition coefficient (Wildman–Crippen LogP) is 17.6. The maximum atomic E-state index is 6.03. The van der Waals surface area contributed by atoms with Crippen molar-refractivity contribution >= 4 is 77.0 Å². The van der Waals surface area contributed by atoms with Crippen LogP contribution in [0.3, 0.4) is 0 Å². The second kappa shape index (κ2) is 18.8. The lowest BCUT2D eigenvalue weighted by molar-refractivity contribution is 0.993. The van der Waals surface area contributed by atoms with E-state index in [0.29, 0.717) is 5.95 Å². The largest absolute Gasteiger partial charge is 0.307 e. The fourth-order valence-electron chi connectivity index (χ4n) is 10.9. The molecule has 15 aromatic rings. The van der Waals surface area contributed by atoms with Gasteiger partial charge in [-0.15, -0.1) is 0 Å².